The van der Waals surface area contributed by atoms with Crippen LogP contribution in [0.4, 0.5) is 0 Å². The van der Waals surface area contributed by atoms with Crippen molar-refractivity contribution in [3.05, 3.63) is 102 Å². The van der Waals surface area contributed by atoms with E-state index in [9.17, 15) is 10.1 Å². The van der Waals surface area contributed by atoms with Gasteiger partial charge >= 0.3 is 0 Å². The average Bonchev–Trinajstić information content (AvgIpc) is 2.87. The number of rotatable bonds is 7. The van der Waals surface area contributed by atoms with Crippen molar-refractivity contribution in [1.82, 2.24) is 9.66 Å². The van der Waals surface area contributed by atoms with Gasteiger partial charge in [-0.05, 0) is 77.0 Å². The molecule has 0 amide bonds. The van der Waals surface area contributed by atoms with Crippen LogP contribution in [0.5, 0.6) is 5.75 Å². The Bertz CT molecular complexity index is 1520. The van der Waals surface area contributed by atoms with Crippen LogP contribution >= 0.6 is 38.5 Å². The van der Waals surface area contributed by atoms with Crippen LogP contribution in [0.15, 0.2) is 75.0 Å². The molecular formula is C27H22BrIN4O2. The molecule has 0 saturated heterocycles. The standard InChI is InChI=1S/C27H22BrIN4O2/c1-3-17(2)26-32-24-10-9-21(28)13-22(24)27(34)33(26)31-15-18-8-11-25(23(29)12-18)35-16-20-7-5-4-6-19(20)14-30/h4-13,15,17H,3,16H2,1-2H3/t17-/m1/s1. The third kappa shape index (κ3) is 5.63. The zero-order valence-electron chi connectivity index (χ0n) is 19.2. The first-order valence-corrected chi connectivity index (χ1v) is 12.9. The molecule has 0 fully saturated rings. The van der Waals surface area contributed by atoms with E-state index in [0.29, 0.717) is 34.6 Å². The summed E-state index contributed by atoms with van der Waals surface area (Å²) in [5.74, 6) is 1.42. The molecule has 0 saturated carbocycles. The Morgan fingerprint density at radius 2 is 2.03 bits per heavy atom. The van der Waals surface area contributed by atoms with Crippen molar-refractivity contribution in [2.24, 2.45) is 5.10 Å². The quantitative estimate of drug-likeness (QED) is 0.168. The van der Waals surface area contributed by atoms with E-state index < -0.39 is 0 Å². The van der Waals surface area contributed by atoms with Crippen LogP contribution in [-0.2, 0) is 6.61 Å². The third-order valence-electron chi connectivity index (χ3n) is 5.69. The minimum atomic E-state index is -0.200. The molecule has 4 aromatic rings. The normalized spacial score (nSPS) is 12.1. The molecule has 0 radical (unpaired) electrons. The summed E-state index contributed by atoms with van der Waals surface area (Å²) < 4.78 is 9.07. The van der Waals surface area contributed by atoms with Gasteiger partial charge < -0.3 is 4.74 Å². The number of benzene rings is 3. The van der Waals surface area contributed by atoms with E-state index in [1.54, 1.807) is 18.3 Å². The molecule has 0 N–H and O–H groups in total. The maximum atomic E-state index is 13.3. The van der Waals surface area contributed by atoms with E-state index in [0.717, 1.165) is 25.6 Å². The maximum Gasteiger partial charge on any atom is 0.282 e. The fourth-order valence-electron chi connectivity index (χ4n) is 3.53. The molecule has 0 spiro atoms. The fraction of sp³-hybridized carbons (Fsp3) is 0.185. The fourth-order valence-corrected chi connectivity index (χ4v) is 4.58. The van der Waals surface area contributed by atoms with Gasteiger partial charge in [-0.1, -0.05) is 48.0 Å². The van der Waals surface area contributed by atoms with Crippen molar-refractivity contribution >= 4 is 55.6 Å². The summed E-state index contributed by atoms with van der Waals surface area (Å²) in [5, 5.41) is 14.3. The lowest BCUT2D eigenvalue weighted by atomic mass is 10.1. The van der Waals surface area contributed by atoms with Crippen LogP contribution in [0.3, 0.4) is 0 Å². The van der Waals surface area contributed by atoms with Crippen LogP contribution in [-0.4, -0.2) is 15.9 Å². The molecular weight excluding hydrogens is 619 g/mol. The largest absolute Gasteiger partial charge is 0.488 e. The van der Waals surface area contributed by atoms with E-state index in [2.05, 4.69) is 56.6 Å². The zero-order valence-corrected chi connectivity index (χ0v) is 22.9. The van der Waals surface area contributed by atoms with Crippen molar-refractivity contribution < 1.29 is 4.74 Å². The van der Waals surface area contributed by atoms with Crippen LogP contribution in [0.2, 0.25) is 0 Å². The highest BCUT2D eigenvalue weighted by Crippen LogP contribution is 2.24. The van der Waals surface area contributed by atoms with Crippen molar-refractivity contribution in [2.45, 2.75) is 32.8 Å². The van der Waals surface area contributed by atoms with E-state index in [-0.39, 0.29) is 11.5 Å². The number of hydrogen-bond acceptors (Lipinski definition) is 5. The summed E-state index contributed by atoms with van der Waals surface area (Å²) in [6.45, 7) is 4.41. The Balaban J connectivity index is 1.63. The minimum Gasteiger partial charge on any atom is -0.488 e. The van der Waals surface area contributed by atoms with Gasteiger partial charge in [0.25, 0.3) is 5.56 Å². The van der Waals surface area contributed by atoms with Crippen molar-refractivity contribution in [1.29, 1.82) is 5.26 Å². The number of aromatic nitrogens is 2. The number of nitrogens with zero attached hydrogens (tertiary/aromatic N) is 4. The number of nitriles is 1. The monoisotopic (exact) mass is 640 g/mol. The Hall–Kier alpha value is -3.03. The zero-order chi connectivity index (χ0) is 24.9. The smallest absolute Gasteiger partial charge is 0.282 e. The van der Waals surface area contributed by atoms with Crippen molar-refractivity contribution in [2.75, 3.05) is 0 Å². The highest BCUT2D eigenvalue weighted by Gasteiger charge is 2.15. The summed E-state index contributed by atoms with van der Waals surface area (Å²) in [6.07, 6.45) is 2.50. The highest BCUT2D eigenvalue weighted by molar-refractivity contribution is 14.1. The summed E-state index contributed by atoms with van der Waals surface area (Å²) in [5.41, 5.74) is 2.73. The Kier molecular flexibility index (Phi) is 7.98. The molecule has 0 aliphatic rings. The second-order valence-corrected chi connectivity index (χ2v) is 10.1. The summed E-state index contributed by atoms with van der Waals surface area (Å²) in [6, 6.07) is 20.8. The molecule has 3 aromatic carbocycles. The van der Waals surface area contributed by atoms with Crippen LogP contribution < -0.4 is 10.3 Å². The molecule has 0 aliphatic carbocycles. The molecule has 1 aromatic heterocycles. The summed E-state index contributed by atoms with van der Waals surface area (Å²) in [7, 11) is 0. The molecule has 8 heteroatoms. The summed E-state index contributed by atoms with van der Waals surface area (Å²) in [4.78, 5) is 18.0. The van der Waals surface area contributed by atoms with Crippen LogP contribution in [0.1, 0.15) is 48.7 Å². The van der Waals surface area contributed by atoms with Gasteiger partial charge in [0, 0.05) is 16.0 Å². The van der Waals surface area contributed by atoms with Gasteiger partial charge in [0.1, 0.15) is 18.2 Å². The third-order valence-corrected chi connectivity index (χ3v) is 7.02. The molecule has 0 unspecified atom stereocenters. The second kappa shape index (κ2) is 11.1. The number of hydrogen-bond donors (Lipinski definition) is 0. The summed E-state index contributed by atoms with van der Waals surface area (Å²) >= 11 is 5.64. The lowest BCUT2D eigenvalue weighted by Crippen LogP contribution is -2.23. The number of fused-ring (bicyclic) bond motifs is 1. The molecule has 0 aliphatic heterocycles. The van der Waals surface area contributed by atoms with Crippen LogP contribution in [0, 0.1) is 14.9 Å². The highest BCUT2D eigenvalue weighted by atomic mass is 127. The Morgan fingerprint density at radius 3 is 2.77 bits per heavy atom. The molecule has 35 heavy (non-hydrogen) atoms. The first-order valence-electron chi connectivity index (χ1n) is 11.1. The predicted molar refractivity (Wildman–Crippen MR) is 150 cm³/mol. The predicted octanol–water partition coefficient (Wildman–Crippen LogP) is 6.61. The molecule has 1 heterocycles. The molecule has 0 bridgehead atoms. The molecule has 4 rings (SSSR count). The van der Waals surface area contributed by atoms with Gasteiger partial charge in [0.2, 0.25) is 0 Å². The number of ether oxygens (including phenoxy) is 1. The van der Waals surface area contributed by atoms with E-state index in [4.69, 9.17) is 9.72 Å². The van der Waals surface area contributed by atoms with E-state index in [1.807, 2.05) is 55.5 Å². The minimum absolute atomic E-state index is 0.0695. The van der Waals surface area contributed by atoms with Gasteiger partial charge in [-0.15, -0.1) is 0 Å². The molecule has 1 atom stereocenters. The van der Waals surface area contributed by atoms with Gasteiger partial charge in [-0.25, -0.2) is 4.98 Å². The van der Waals surface area contributed by atoms with Crippen molar-refractivity contribution in [3.8, 4) is 11.8 Å². The maximum absolute atomic E-state index is 13.3. The van der Waals surface area contributed by atoms with E-state index >= 15 is 0 Å². The second-order valence-electron chi connectivity index (χ2n) is 8.05. The van der Waals surface area contributed by atoms with Gasteiger partial charge in [0.05, 0.1) is 32.3 Å². The SMILES string of the molecule is CC[C@@H](C)c1nc2ccc(Br)cc2c(=O)n1N=Cc1ccc(OCc2ccccc2C#N)c(I)c1. The van der Waals surface area contributed by atoms with Crippen molar-refractivity contribution in [3.63, 3.8) is 0 Å². The lowest BCUT2D eigenvalue weighted by Gasteiger charge is -2.14. The van der Waals surface area contributed by atoms with Gasteiger partial charge in [0.15, 0.2) is 0 Å². The lowest BCUT2D eigenvalue weighted by molar-refractivity contribution is 0.303. The Morgan fingerprint density at radius 1 is 1.23 bits per heavy atom. The first-order chi connectivity index (χ1) is 16.9. The topological polar surface area (TPSA) is 80.3 Å². The Labute approximate surface area is 225 Å². The van der Waals surface area contributed by atoms with Gasteiger partial charge in [-0.3, -0.25) is 4.79 Å². The van der Waals surface area contributed by atoms with Crippen LogP contribution in [0.25, 0.3) is 10.9 Å². The molecule has 6 nitrogen and oxygen atoms in total. The van der Waals surface area contributed by atoms with Gasteiger partial charge in [-0.2, -0.15) is 15.0 Å². The first kappa shape index (κ1) is 25.1. The van der Waals surface area contributed by atoms with E-state index in [1.165, 1.54) is 4.68 Å². The average molecular weight is 641 g/mol. The number of halogens is 2. The molecule has 176 valence electrons.